The van der Waals surface area contributed by atoms with Gasteiger partial charge in [0, 0.05) is 37.8 Å². The van der Waals surface area contributed by atoms with Crippen molar-refractivity contribution in [3.8, 4) is 0 Å². The number of nitrogens with one attached hydrogen (secondary N) is 1. The number of fused-ring (bicyclic) bond motifs is 1. The summed E-state index contributed by atoms with van der Waals surface area (Å²) in [6.45, 7) is 4.14. The lowest BCUT2D eigenvalue weighted by molar-refractivity contribution is 0.178. The first kappa shape index (κ1) is 10.0. The second-order valence-corrected chi connectivity index (χ2v) is 5.12. The summed E-state index contributed by atoms with van der Waals surface area (Å²) in [6, 6.07) is 0.517. The normalized spacial score (nSPS) is 25.0. The van der Waals surface area contributed by atoms with Crippen molar-refractivity contribution in [2.24, 2.45) is 0 Å². The van der Waals surface area contributed by atoms with Crippen molar-refractivity contribution in [2.75, 3.05) is 26.2 Å². The standard InChI is InChI=1S/C10H14N4OS/c15-10-13(7-9-12-2-4-16-9)6-8-5-11-1-3-14(8)10/h2,4,8,11H,1,3,5-7H2. The number of urea groups is 1. The average Bonchev–Trinajstić information content (AvgIpc) is 2.90. The van der Waals surface area contributed by atoms with Gasteiger partial charge in [-0.25, -0.2) is 9.78 Å². The number of nitrogens with zero attached hydrogens (tertiary/aromatic N) is 3. The van der Waals surface area contributed by atoms with Crippen molar-refractivity contribution >= 4 is 17.4 Å². The predicted molar refractivity (Wildman–Crippen MR) is 61.3 cm³/mol. The van der Waals surface area contributed by atoms with Crippen molar-refractivity contribution in [1.29, 1.82) is 0 Å². The molecule has 1 atom stereocenters. The molecular formula is C10H14N4OS. The molecule has 86 valence electrons. The molecule has 0 radical (unpaired) electrons. The molecule has 2 aliphatic heterocycles. The fraction of sp³-hybridized carbons (Fsp3) is 0.600. The number of hydrogen-bond acceptors (Lipinski definition) is 4. The number of thiazole rings is 1. The van der Waals surface area contributed by atoms with E-state index in [0.717, 1.165) is 31.2 Å². The largest absolute Gasteiger partial charge is 0.320 e. The summed E-state index contributed by atoms with van der Waals surface area (Å²) in [5, 5.41) is 6.29. The van der Waals surface area contributed by atoms with Crippen LogP contribution in [0.1, 0.15) is 5.01 Å². The molecule has 3 heterocycles. The van der Waals surface area contributed by atoms with Gasteiger partial charge in [0.1, 0.15) is 5.01 Å². The fourth-order valence-electron chi connectivity index (χ4n) is 2.32. The van der Waals surface area contributed by atoms with Gasteiger partial charge in [-0.05, 0) is 0 Å². The van der Waals surface area contributed by atoms with Crippen LogP contribution in [0.3, 0.4) is 0 Å². The second-order valence-electron chi connectivity index (χ2n) is 4.14. The maximum absolute atomic E-state index is 12.1. The summed E-state index contributed by atoms with van der Waals surface area (Å²) in [6.07, 6.45) is 1.79. The van der Waals surface area contributed by atoms with Crippen LogP contribution in [0.2, 0.25) is 0 Å². The Morgan fingerprint density at radius 2 is 2.56 bits per heavy atom. The van der Waals surface area contributed by atoms with Crippen molar-refractivity contribution < 1.29 is 4.79 Å². The number of carbonyl (C=O) groups is 1. The van der Waals surface area contributed by atoms with Gasteiger partial charge in [0.05, 0.1) is 12.6 Å². The van der Waals surface area contributed by atoms with Gasteiger partial charge in [-0.15, -0.1) is 11.3 Å². The van der Waals surface area contributed by atoms with Crippen LogP contribution in [0, 0.1) is 0 Å². The minimum Gasteiger partial charge on any atom is -0.317 e. The van der Waals surface area contributed by atoms with Gasteiger partial charge in [-0.3, -0.25) is 0 Å². The van der Waals surface area contributed by atoms with E-state index in [1.807, 2.05) is 15.2 Å². The number of rotatable bonds is 2. The molecule has 2 amide bonds. The SMILES string of the molecule is O=C1N(Cc2nccs2)CC2CNCCN12. The average molecular weight is 238 g/mol. The monoisotopic (exact) mass is 238 g/mol. The smallest absolute Gasteiger partial charge is 0.317 e. The molecule has 0 bridgehead atoms. The lowest BCUT2D eigenvalue weighted by Gasteiger charge is -2.28. The second kappa shape index (κ2) is 4.03. The molecule has 2 saturated heterocycles. The van der Waals surface area contributed by atoms with E-state index in [1.165, 1.54) is 0 Å². The van der Waals surface area contributed by atoms with Gasteiger partial charge in [0.15, 0.2) is 0 Å². The van der Waals surface area contributed by atoms with Crippen LogP contribution < -0.4 is 5.32 Å². The number of carbonyl (C=O) groups excluding carboxylic acids is 1. The van der Waals surface area contributed by atoms with Crippen molar-refractivity contribution in [3.63, 3.8) is 0 Å². The van der Waals surface area contributed by atoms with E-state index in [9.17, 15) is 4.79 Å². The molecule has 0 aromatic carbocycles. The summed E-state index contributed by atoms with van der Waals surface area (Å²) < 4.78 is 0. The Morgan fingerprint density at radius 1 is 1.62 bits per heavy atom. The highest BCUT2D eigenvalue weighted by atomic mass is 32.1. The summed E-state index contributed by atoms with van der Waals surface area (Å²) in [7, 11) is 0. The maximum atomic E-state index is 12.1. The highest BCUT2D eigenvalue weighted by Crippen LogP contribution is 2.20. The number of aromatic nitrogens is 1. The predicted octanol–water partition coefficient (Wildman–Crippen LogP) is 0.353. The lowest BCUT2D eigenvalue weighted by atomic mass is 10.2. The zero-order valence-corrected chi connectivity index (χ0v) is 9.74. The van der Waals surface area contributed by atoms with E-state index in [1.54, 1.807) is 17.5 Å². The highest BCUT2D eigenvalue weighted by molar-refractivity contribution is 7.09. The van der Waals surface area contributed by atoms with Crippen LogP contribution in [0.25, 0.3) is 0 Å². The van der Waals surface area contributed by atoms with E-state index in [2.05, 4.69) is 10.3 Å². The topological polar surface area (TPSA) is 48.5 Å². The quantitative estimate of drug-likeness (QED) is 0.809. The van der Waals surface area contributed by atoms with Crippen LogP contribution in [-0.2, 0) is 6.54 Å². The maximum Gasteiger partial charge on any atom is 0.320 e. The van der Waals surface area contributed by atoms with Crippen LogP contribution in [0.15, 0.2) is 11.6 Å². The molecule has 0 aliphatic carbocycles. The van der Waals surface area contributed by atoms with Gasteiger partial charge in [-0.1, -0.05) is 0 Å². The minimum atomic E-state index is 0.168. The van der Waals surface area contributed by atoms with Crippen molar-refractivity contribution in [3.05, 3.63) is 16.6 Å². The lowest BCUT2D eigenvalue weighted by Crippen LogP contribution is -2.49. The van der Waals surface area contributed by atoms with Crippen LogP contribution >= 0.6 is 11.3 Å². The van der Waals surface area contributed by atoms with Crippen molar-refractivity contribution in [1.82, 2.24) is 20.1 Å². The van der Waals surface area contributed by atoms with Crippen LogP contribution in [-0.4, -0.2) is 53.0 Å². The molecule has 2 aliphatic rings. The molecular weight excluding hydrogens is 224 g/mol. The molecule has 1 aromatic rings. The third-order valence-electron chi connectivity index (χ3n) is 3.11. The highest BCUT2D eigenvalue weighted by Gasteiger charge is 2.38. The van der Waals surface area contributed by atoms with Gasteiger partial charge >= 0.3 is 6.03 Å². The van der Waals surface area contributed by atoms with Gasteiger partial charge in [0.25, 0.3) is 0 Å². The Kier molecular flexibility index (Phi) is 2.53. The molecule has 1 aromatic heterocycles. The minimum absolute atomic E-state index is 0.168. The fourth-order valence-corrected chi connectivity index (χ4v) is 2.95. The van der Waals surface area contributed by atoms with E-state index in [-0.39, 0.29) is 6.03 Å². The third-order valence-corrected chi connectivity index (χ3v) is 3.87. The van der Waals surface area contributed by atoms with Crippen molar-refractivity contribution in [2.45, 2.75) is 12.6 Å². The summed E-state index contributed by atoms with van der Waals surface area (Å²) in [5.74, 6) is 0. The molecule has 5 nitrogen and oxygen atoms in total. The number of amides is 2. The Balaban J connectivity index is 1.71. The van der Waals surface area contributed by atoms with E-state index >= 15 is 0 Å². The van der Waals surface area contributed by atoms with Gasteiger partial charge < -0.3 is 15.1 Å². The Bertz CT molecular complexity index is 380. The first-order valence-corrected chi connectivity index (χ1v) is 6.37. The Labute approximate surface area is 98.1 Å². The molecule has 0 saturated carbocycles. The van der Waals surface area contributed by atoms with Gasteiger partial charge in [-0.2, -0.15) is 0 Å². The Morgan fingerprint density at radius 3 is 3.31 bits per heavy atom. The zero-order valence-electron chi connectivity index (χ0n) is 8.93. The molecule has 6 heteroatoms. The molecule has 1 N–H and O–H groups in total. The summed E-state index contributed by atoms with van der Waals surface area (Å²) >= 11 is 1.61. The third kappa shape index (κ3) is 1.68. The molecule has 16 heavy (non-hydrogen) atoms. The summed E-state index contributed by atoms with van der Waals surface area (Å²) in [5.41, 5.74) is 0. The van der Waals surface area contributed by atoms with E-state index in [4.69, 9.17) is 0 Å². The molecule has 2 fully saturated rings. The van der Waals surface area contributed by atoms with E-state index < -0.39 is 0 Å². The molecule has 0 spiro atoms. The van der Waals surface area contributed by atoms with Crippen LogP contribution in [0.5, 0.6) is 0 Å². The van der Waals surface area contributed by atoms with E-state index in [0.29, 0.717) is 12.6 Å². The first-order valence-electron chi connectivity index (χ1n) is 5.49. The molecule has 3 rings (SSSR count). The zero-order chi connectivity index (χ0) is 11.0. The number of piperazine rings is 1. The van der Waals surface area contributed by atoms with Crippen LogP contribution in [0.4, 0.5) is 4.79 Å². The number of hydrogen-bond donors (Lipinski definition) is 1. The first-order chi connectivity index (χ1) is 7.84. The Hall–Kier alpha value is -1.14. The summed E-state index contributed by atoms with van der Waals surface area (Å²) in [4.78, 5) is 20.2. The van der Waals surface area contributed by atoms with Gasteiger partial charge in [0.2, 0.25) is 0 Å². The molecule has 1 unspecified atom stereocenters.